The molecule has 1 N–H and O–H groups in total. The number of likely N-dealkylation sites (tertiary alicyclic amines) is 1. The van der Waals surface area contributed by atoms with Crippen LogP contribution in [0.1, 0.15) is 30.0 Å². The Labute approximate surface area is 164 Å². The van der Waals surface area contributed by atoms with Crippen molar-refractivity contribution in [2.75, 3.05) is 13.7 Å². The van der Waals surface area contributed by atoms with E-state index in [1.54, 1.807) is 7.11 Å². The number of hydrogen-bond donors (Lipinski definition) is 1. The van der Waals surface area contributed by atoms with Gasteiger partial charge in [0, 0.05) is 21.1 Å². The van der Waals surface area contributed by atoms with Crippen LogP contribution in [0.5, 0.6) is 5.75 Å². The summed E-state index contributed by atoms with van der Waals surface area (Å²) < 4.78 is 7.49. The summed E-state index contributed by atoms with van der Waals surface area (Å²) in [6, 6.07) is 13.2. The molecule has 0 spiro atoms. The van der Waals surface area contributed by atoms with Gasteiger partial charge in [-0.3, -0.25) is 9.69 Å². The van der Waals surface area contributed by atoms with Crippen molar-refractivity contribution in [3.05, 3.63) is 62.5 Å². The zero-order valence-corrected chi connectivity index (χ0v) is 17.0. The van der Waals surface area contributed by atoms with E-state index in [0.29, 0.717) is 6.42 Å². The second-order valence-corrected chi connectivity index (χ2v) is 7.91. The molecule has 4 nitrogen and oxygen atoms in total. The highest BCUT2D eigenvalue weighted by Crippen LogP contribution is 2.40. The monoisotopic (exact) mass is 467 g/mol. The molecule has 1 saturated heterocycles. The number of carboxylic acid groups (broad SMARTS) is 1. The average molecular weight is 469 g/mol. The molecule has 1 aliphatic rings. The van der Waals surface area contributed by atoms with Gasteiger partial charge in [-0.25, -0.2) is 0 Å². The molecular weight excluding hydrogens is 450 g/mol. The van der Waals surface area contributed by atoms with Crippen molar-refractivity contribution in [2.45, 2.75) is 24.9 Å². The van der Waals surface area contributed by atoms with Gasteiger partial charge in [-0.1, -0.05) is 44.0 Å². The molecule has 2 aromatic rings. The lowest BCUT2D eigenvalue weighted by Gasteiger charge is -2.33. The summed E-state index contributed by atoms with van der Waals surface area (Å²) in [5.41, 5.74) is 2.00. The summed E-state index contributed by atoms with van der Waals surface area (Å²) in [5.74, 6) is -0.0179. The van der Waals surface area contributed by atoms with E-state index in [4.69, 9.17) is 4.74 Å². The van der Waals surface area contributed by atoms with Crippen LogP contribution in [0.25, 0.3) is 0 Å². The number of aliphatic carboxylic acids is 1. The van der Waals surface area contributed by atoms with Crippen molar-refractivity contribution in [1.29, 1.82) is 0 Å². The van der Waals surface area contributed by atoms with E-state index < -0.39 is 12.0 Å². The lowest BCUT2D eigenvalue weighted by atomic mass is 9.95. The largest absolute Gasteiger partial charge is 0.496 e. The topological polar surface area (TPSA) is 49.8 Å². The first kappa shape index (κ1) is 18.4. The van der Waals surface area contributed by atoms with Crippen LogP contribution < -0.4 is 4.74 Å². The van der Waals surface area contributed by atoms with Crippen LogP contribution in [-0.4, -0.2) is 35.7 Å². The molecule has 0 amide bonds. The highest BCUT2D eigenvalue weighted by molar-refractivity contribution is 9.10. The second kappa shape index (κ2) is 7.89. The standard InChI is InChI=1S/C19H19Br2NO3/c1-25-17-8-7-14(21)11-15(17)18(12-4-2-5-13(20)10-12)22-9-3-6-16(22)19(23)24/h2,4-5,7-8,10-11,16,18H,3,6,9H2,1H3,(H,23,24). The van der Waals surface area contributed by atoms with Crippen LogP contribution in [0.3, 0.4) is 0 Å². The molecule has 6 heteroatoms. The predicted octanol–water partition coefficient (Wildman–Crippen LogP) is 4.86. The fourth-order valence-corrected chi connectivity index (χ4v) is 4.30. The second-order valence-electron chi connectivity index (χ2n) is 6.08. The van der Waals surface area contributed by atoms with E-state index >= 15 is 0 Å². The zero-order valence-electron chi connectivity index (χ0n) is 13.8. The molecule has 1 fully saturated rings. The maximum Gasteiger partial charge on any atom is 0.320 e. The number of carbonyl (C=O) groups is 1. The van der Waals surface area contributed by atoms with Crippen LogP contribution in [0.2, 0.25) is 0 Å². The van der Waals surface area contributed by atoms with E-state index in [1.165, 1.54) is 0 Å². The lowest BCUT2D eigenvalue weighted by Crippen LogP contribution is -2.39. The molecule has 132 valence electrons. The summed E-state index contributed by atoms with van der Waals surface area (Å²) >= 11 is 7.06. The first-order valence-corrected chi connectivity index (χ1v) is 9.67. The third-order valence-electron chi connectivity index (χ3n) is 4.56. The number of methoxy groups -OCH3 is 1. The third-order valence-corrected chi connectivity index (χ3v) is 5.55. The van der Waals surface area contributed by atoms with E-state index in [9.17, 15) is 9.90 Å². The molecule has 2 unspecified atom stereocenters. The van der Waals surface area contributed by atoms with E-state index in [-0.39, 0.29) is 6.04 Å². The summed E-state index contributed by atoms with van der Waals surface area (Å²) in [4.78, 5) is 13.8. The number of carboxylic acids is 1. The minimum Gasteiger partial charge on any atom is -0.496 e. The SMILES string of the molecule is COc1ccc(Br)cc1C(c1cccc(Br)c1)N1CCCC1C(=O)O. The summed E-state index contributed by atoms with van der Waals surface area (Å²) in [7, 11) is 1.64. The van der Waals surface area contributed by atoms with Crippen molar-refractivity contribution in [3.8, 4) is 5.75 Å². The molecule has 0 bridgehead atoms. The van der Waals surface area contributed by atoms with Gasteiger partial charge in [-0.05, 0) is 48.7 Å². The first-order valence-electron chi connectivity index (χ1n) is 8.08. The summed E-state index contributed by atoms with van der Waals surface area (Å²) in [6.07, 6.45) is 1.54. The van der Waals surface area contributed by atoms with Crippen molar-refractivity contribution in [3.63, 3.8) is 0 Å². The Balaban J connectivity index is 2.16. The quantitative estimate of drug-likeness (QED) is 0.680. The van der Waals surface area contributed by atoms with Crippen molar-refractivity contribution >= 4 is 37.8 Å². The molecule has 0 aliphatic carbocycles. The molecule has 2 aromatic carbocycles. The fraction of sp³-hybridized carbons (Fsp3) is 0.316. The Kier molecular flexibility index (Phi) is 5.81. The number of hydrogen-bond acceptors (Lipinski definition) is 3. The molecule has 0 radical (unpaired) electrons. The van der Waals surface area contributed by atoms with Crippen LogP contribution in [0.15, 0.2) is 51.4 Å². The number of halogens is 2. The third kappa shape index (κ3) is 3.91. The van der Waals surface area contributed by atoms with Crippen molar-refractivity contribution in [1.82, 2.24) is 4.90 Å². The Hall–Kier alpha value is -1.37. The smallest absolute Gasteiger partial charge is 0.320 e. The van der Waals surface area contributed by atoms with Gasteiger partial charge >= 0.3 is 5.97 Å². The van der Waals surface area contributed by atoms with Crippen LogP contribution in [0, 0.1) is 0 Å². The Bertz CT molecular complexity index is 781. The van der Waals surface area contributed by atoms with Gasteiger partial charge in [0.05, 0.1) is 13.2 Å². The van der Waals surface area contributed by atoms with E-state index in [1.807, 2.05) is 42.5 Å². The van der Waals surface area contributed by atoms with Crippen molar-refractivity contribution < 1.29 is 14.6 Å². The average Bonchev–Trinajstić information content (AvgIpc) is 3.05. The maximum absolute atomic E-state index is 11.8. The van der Waals surface area contributed by atoms with Gasteiger partial charge in [0.1, 0.15) is 11.8 Å². The number of benzene rings is 2. The van der Waals surface area contributed by atoms with Gasteiger partial charge in [0.25, 0.3) is 0 Å². The minimum atomic E-state index is -0.772. The van der Waals surface area contributed by atoms with Gasteiger partial charge in [0.15, 0.2) is 0 Å². The number of nitrogens with zero attached hydrogens (tertiary/aromatic N) is 1. The molecule has 0 saturated carbocycles. The highest BCUT2D eigenvalue weighted by atomic mass is 79.9. The highest BCUT2D eigenvalue weighted by Gasteiger charge is 2.38. The van der Waals surface area contributed by atoms with Crippen LogP contribution in [0.4, 0.5) is 0 Å². The Morgan fingerprint density at radius 2 is 2.00 bits per heavy atom. The summed E-state index contributed by atoms with van der Waals surface area (Å²) in [6.45, 7) is 0.740. The van der Waals surface area contributed by atoms with E-state index in [0.717, 1.165) is 38.8 Å². The fourth-order valence-electron chi connectivity index (χ4n) is 3.51. The lowest BCUT2D eigenvalue weighted by molar-refractivity contribution is -0.142. The maximum atomic E-state index is 11.8. The van der Waals surface area contributed by atoms with Crippen LogP contribution >= 0.6 is 31.9 Å². The number of rotatable bonds is 5. The van der Waals surface area contributed by atoms with E-state index in [2.05, 4.69) is 36.8 Å². The van der Waals surface area contributed by atoms with Gasteiger partial charge in [0.2, 0.25) is 0 Å². The molecule has 2 atom stereocenters. The summed E-state index contributed by atoms with van der Waals surface area (Å²) in [5, 5.41) is 9.67. The molecular formula is C19H19Br2NO3. The van der Waals surface area contributed by atoms with Crippen LogP contribution in [-0.2, 0) is 4.79 Å². The first-order chi connectivity index (χ1) is 12.0. The molecule has 1 aliphatic heterocycles. The molecule has 25 heavy (non-hydrogen) atoms. The number of ether oxygens (including phenoxy) is 1. The zero-order chi connectivity index (χ0) is 18.0. The van der Waals surface area contributed by atoms with Gasteiger partial charge < -0.3 is 9.84 Å². The van der Waals surface area contributed by atoms with Crippen molar-refractivity contribution in [2.24, 2.45) is 0 Å². The molecule has 0 aromatic heterocycles. The normalized spacial score (nSPS) is 18.9. The van der Waals surface area contributed by atoms with Gasteiger partial charge in [-0.15, -0.1) is 0 Å². The molecule has 1 heterocycles. The predicted molar refractivity (Wildman–Crippen MR) is 104 cm³/mol. The molecule has 3 rings (SSSR count). The Morgan fingerprint density at radius 3 is 2.68 bits per heavy atom. The van der Waals surface area contributed by atoms with Gasteiger partial charge in [-0.2, -0.15) is 0 Å². The Morgan fingerprint density at radius 1 is 1.24 bits per heavy atom. The minimum absolute atomic E-state index is 0.187.